The summed E-state index contributed by atoms with van der Waals surface area (Å²) in [5, 5.41) is 0.317. The summed E-state index contributed by atoms with van der Waals surface area (Å²) in [7, 11) is 0. The fraction of sp³-hybridized carbons (Fsp3) is 0.742. The lowest BCUT2D eigenvalue weighted by atomic mass is 9.83. The molecule has 1 aromatic rings. The minimum Gasteiger partial charge on any atom is -0.378 e. The second kappa shape index (κ2) is 15.3. The summed E-state index contributed by atoms with van der Waals surface area (Å²) in [5.41, 5.74) is 2.86. The van der Waals surface area contributed by atoms with Gasteiger partial charge in [0, 0.05) is 0 Å². The van der Waals surface area contributed by atoms with E-state index in [0.29, 0.717) is 17.0 Å². The fourth-order valence-corrected chi connectivity index (χ4v) is 6.08. The molecule has 1 aromatic carbocycles. The Morgan fingerprint density at radius 1 is 0.882 bits per heavy atom. The van der Waals surface area contributed by atoms with E-state index in [-0.39, 0.29) is 5.82 Å². The molecule has 0 spiro atoms. The van der Waals surface area contributed by atoms with Crippen LogP contribution in [0.15, 0.2) is 18.2 Å². The van der Waals surface area contributed by atoms with Gasteiger partial charge in [0.25, 0.3) is 0 Å². The number of benzene rings is 1. The van der Waals surface area contributed by atoms with Crippen LogP contribution in [0.5, 0.6) is 0 Å². The predicted octanol–water partition coefficient (Wildman–Crippen LogP) is 10.3. The third kappa shape index (κ3) is 8.66. The number of hydrogen-bond donors (Lipinski definition) is 0. The van der Waals surface area contributed by atoms with Gasteiger partial charge in [-0.05, 0) is 86.3 Å². The molecular formula is C31H48ClFO. The topological polar surface area (TPSA) is 9.23 Å². The second-order valence-electron chi connectivity index (χ2n) is 10.9. The van der Waals surface area contributed by atoms with Gasteiger partial charge in [0.1, 0.15) is 5.82 Å². The number of hydrogen-bond acceptors (Lipinski definition) is 1. The van der Waals surface area contributed by atoms with Crippen LogP contribution in [-0.2, 0) is 11.2 Å². The predicted molar refractivity (Wildman–Crippen MR) is 145 cm³/mol. The van der Waals surface area contributed by atoms with Crippen LogP contribution < -0.4 is 0 Å². The quantitative estimate of drug-likeness (QED) is 0.235. The van der Waals surface area contributed by atoms with Crippen molar-refractivity contribution in [3.63, 3.8) is 0 Å². The van der Waals surface area contributed by atoms with Crippen molar-refractivity contribution in [1.82, 2.24) is 0 Å². The van der Waals surface area contributed by atoms with Gasteiger partial charge in [-0.15, -0.1) is 0 Å². The zero-order valence-electron chi connectivity index (χ0n) is 21.9. The van der Waals surface area contributed by atoms with Crippen LogP contribution in [-0.4, -0.2) is 12.7 Å². The molecule has 1 nitrogen and oxygen atoms in total. The first-order chi connectivity index (χ1) is 16.6. The average Bonchev–Trinajstić information content (AvgIpc) is 2.86. The molecule has 3 heteroatoms. The van der Waals surface area contributed by atoms with Crippen molar-refractivity contribution in [2.75, 3.05) is 6.61 Å². The number of rotatable bonds is 14. The molecule has 1 atom stereocenters. The van der Waals surface area contributed by atoms with Crippen LogP contribution in [0.3, 0.4) is 0 Å². The van der Waals surface area contributed by atoms with Crippen LogP contribution in [0, 0.1) is 17.7 Å². The van der Waals surface area contributed by atoms with Crippen LogP contribution in [0.1, 0.15) is 128 Å². The molecule has 0 saturated heterocycles. The first kappa shape index (κ1) is 27.7. The van der Waals surface area contributed by atoms with Crippen LogP contribution in [0.2, 0.25) is 5.02 Å². The van der Waals surface area contributed by atoms with E-state index in [9.17, 15) is 4.39 Å². The molecule has 0 bridgehead atoms. The van der Waals surface area contributed by atoms with Gasteiger partial charge in [-0.1, -0.05) is 95.0 Å². The van der Waals surface area contributed by atoms with Gasteiger partial charge in [0.2, 0.25) is 0 Å². The Labute approximate surface area is 213 Å². The summed E-state index contributed by atoms with van der Waals surface area (Å²) in [5.74, 6) is 1.31. The van der Waals surface area contributed by atoms with E-state index in [0.717, 1.165) is 68.6 Å². The highest BCUT2D eigenvalue weighted by molar-refractivity contribution is 6.32. The van der Waals surface area contributed by atoms with Crippen molar-refractivity contribution in [3.05, 3.63) is 40.2 Å². The summed E-state index contributed by atoms with van der Waals surface area (Å²) < 4.78 is 21.2. The van der Waals surface area contributed by atoms with E-state index < -0.39 is 0 Å². The number of ether oxygens (including phenoxy) is 1. The molecule has 1 fully saturated rings. The highest BCUT2D eigenvalue weighted by Crippen LogP contribution is 2.37. The minimum atomic E-state index is -0.210. The molecule has 1 saturated carbocycles. The van der Waals surface area contributed by atoms with Crippen molar-refractivity contribution in [3.8, 4) is 0 Å². The van der Waals surface area contributed by atoms with E-state index in [1.165, 1.54) is 69.8 Å². The van der Waals surface area contributed by atoms with Crippen LogP contribution in [0.25, 0.3) is 5.57 Å². The first-order valence-corrected chi connectivity index (χ1v) is 14.8. The first-order valence-electron chi connectivity index (χ1n) is 14.4. The maximum atomic E-state index is 14.8. The van der Waals surface area contributed by atoms with E-state index in [1.54, 1.807) is 0 Å². The normalized spacial score (nSPS) is 23.2. The second-order valence-corrected chi connectivity index (χ2v) is 11.3. The average molecular weight is 491 g/mol. The highest BCUT2D eigenvalue weighted by Gasteiger charge is 2.24. The zero-order valence-corrected chi connectivity index (χ0v) is 22.6. The van der Waals surface area contributed by atoms with Crippen molar-refractivity contribution in [2.45, 2.75) is 129 Å². The SMILES string of the molecule is CCCCCCCC1CCC(OCC2CC=C(c3ccc(CCCCC)c(F)c3Cl)CC2)CC1. The molecule has 192 valence electrons. The number of aryl methyl sites for hydroxylation is 1. The summed E-state index contributed by atoms with van der Waals surface area (Å²) in [6, 6.07) is 3.99. The Morgan fingerprint density at radius 3 is 2.32 bits per heavy atom. The van der Waals surface area contributed by atoms with Crippen molar-refractivity contribution in [1.29, 1.82) is 0 Å². The molecule has 0 N–H and O–H groups in total. The number of unbranched alkanes of at least 4 members (excludes halogenated alkanes) is 6. The Morgan fingerprint density at radius 2 is 1.62 bits per heavy atom. The van der Waals surface area contributed by atoms with Crippen LogP contribution >= 0.6 is 11.6 Å². The zero-order chi connectivity index (χ0) is 24.2. The monoisotopic (exact) mass is 490 g/mol. The molecule has 0 amide bonds. The Bertz CT molecular complexity index is 750. The van der Waals surface area contributed by atoms with E-state index >= 15 is 0 Å². The molecule has 34 heavy (non-hydrogen) atoms. The highest BCUT2D eigenvalue weighted by atomic mass is 35.5. The lowest BCUT2D eigenvalue weighted by molar-refractivity contribution is -0.00283. The fourth-order valence-electron chi connectivity index (χ4n) is 5.78. The molecule has 1 unspecified atom stereocenters. The van der Waals surface area contributed by atoms with Crippen LogP contribution in [0.4, 0.5) is 4.39 Å². The Balaban J connectivity index is 1.38. The summed E-state index contributed by atoms with van der Waals surface area (Å²) >= 11 is 6.47. The van der Waals surface area contributed by atoms with Crippen molar-refractivity contribution in [2.24, 2.45) is 11.8 Å². The van der Waals surface area contributed by atoms with Crippen molar-refractivity contribution >= 4 is 17.2 Å². The van der Waals surface area contributed by atoms with Gasteiger partial charge >= 0.3 is 0 Å². The molecule has 2 aliphatic rings. The smallest absolute Gasteiger partial charge is 0.145 e. The molecular weight excluding hydrogens is 443 g/mol. The molecule has 0 aromatic heterocycles. The molecule has 0 radical (unpaired) electrons. The maximum Gasteiger partial charge on any atom is 0.145 e. The van der Waals surface area contributed by atoms with E-state index in [2.05, 4.69) is 19.9 Å². The van der Waals surface area contributed by atoms with Gasteiger partial charge < -0.3 is 4.74 Å². The third-order valence-corrected chi connectivity index (χ3v) is 8.52. The summed E-state index contributed by atoms with van der Waals surface area (Å²) in [4.78, 5) is 0. The number of allylic oxidation sites excluding steroid dienone is 2. The molecule has 0 aliphatic heterocycles. The third-order valence-electron chi connectivity index (χ3n) is 8.15. The van der Waals surface area contributed by atoms with Gasteiger partial charge in [-0.3, -0.25) is 0 Å². The van der Waals surface area contributed by atoms with Crippen molar-refractivity contribution < 1.29 is 9.13 Å². The van der Waals surface area contributed by atoms with Gasteiger partial charge in [0.05, 0.1) is 17.7 Å². The Kier molecular flexibility index (Phi) is 12.5. The molecule has 2 aliphatic carbocycles. The van der Waals surface area contributed by atoms with E-state index in [1.807, 2.05) is 12.1 Å². The molecule has 3 rings (SSSR count). The van der Waals surface area contributed by atoms with Gasteiger partial charge in [-0.25, -0.2) is 4.39 Å². The summed E-state index contributed by atoms with van der Waals surface area (Å²) in [6.07, 6.45) is 23.5. The standard InChI is InChI=1S/C31H48ClFO/c1-3-5-7-8-10-11-24-15-20-28(21-16-24)34-23-25-13-17-26(18-14-25)29-22-19-27(12-9-6-4-2)31(33)30(29)32/h17,19,22,24-25,28H,3-16,18,20-21,23H2,1-2H3. The lowest BCUT2D eigenvalue weighted by Crippen LogP contribution is -2.24. The Hall–Kier alpha value is -0.860. The maximum absolute atomic E-state index is 14.8. The lowest BCUT2D eigenvalue weighted by Gasteiger charge is -2.30. The largest absolute Gasteiger partial charge is 0.378 e. The number of halogens is 2. The van der Waals surface area contributed by atoms with E-state index in [4.69, 9.17) is 16.3 Å². The van der Waals surface area contributed by atoms with Gasteiger partial charge in [-0.2, -0.15) is 0 Å². The van der Waals surface area contributed by atoms with Gasteiger partial charge in [0.15, 0.2) is 0 Å². The summed E-state index contributed by atoms with van der Waals surface area (Å²) in [6.45, 7) is 5.32. The minimum absolute atomic E-state index is 0.210. The molecule has 0 heterocycles.